The molecular weight excluding hydrogens is 368 g/mol. The van der Waals surface area contributed by atoms with Crippen molar-refractivity contribution in [3.63, 3.8) is 0 Å². The summed E-state index contributed by atoms with van der Waals surface area (Å²) in [5.74, 6) is 0.278. The summed E-state index contributed by atoms with van der Waals surface area (Å²) in [6.07, 6.45) is 0. The van der Waals surface area contributed by atoms with E-state index in [1.807, 2.05) is 56.3 Å². The van der Waals surface area contributed by atoms with E-state index in [-0.39, 0.29) is 5.91 Å². The molecule has 3 aromatic rings. The lowest BCUT2D eigenvalue weighted by Gasteiger charge is -2.11. The molecule has 0 aliphatic rings. The smallest absolute Gasteiger partial charge is 0.261 e. The zero-order valence-corrected chi connectivity index (χ0v) is 15.3. The molecule has 0 spiro atoms. The van der Waals surface area contributed by atoms with E-state index in [2.05, 4.69) is 26.4 Å². The van der Waals surface area contributed by atoms with E-state index < -0.39 is 0 Å². The summed E-state index contributed by atoms with van der Waals surface area (Å²) in [4.78, 5) is 12.8. The van der Waals surface area contributed by atoms with Crippen LogP contribution in [0.1, 0.15) is 27.2 Å². The van der Waals surface area contributed by atoms with Crippen molar-refractivity contribution in [3.05, 3.63) is 69.4 Å². The van der Waals surface area contributed by atoms with Gasteiger partial charge in [-0.15, -0.1) is 0 Å². The van der Waals surface area contributed by atoms with Gasteiger partial charge < -0.3 is 9.84 Å². The average Bonchev–Trinajstić information content (AvgIpc) is 2.93. The Morgan fingerprint density at radius 2 is 1.67 bits per heavy atom. The Kier molecular flexibility index (Phi) is 4.53. The first kappa shape index (κ1) is 16.5. The first-order valence-electron chi connectivity index (χ1n) is 7.57. The van der Waals surface area contributed by atoms with Crippen molar-refractivity contribution < 1.29 is 9.32 Å². The summed E-state index contributed by atoms with van der Waals surface area (Å²) in [5.41, 5.74) is 4.69. The number of halogens is 1. The van der Waals surface area contributed by atoms with Crippen molar-refractivity contribution in [1.29, 1.82) is 0 Å². The largest absolute Gasteiger partial charge is 0.360 e. The summed E-state index contributed by atoms with van der Waals surface area (Å²) in [6.45, 7) is 5.69. The maximum absolute atomic E-state index is 12.8. The molecule has 122 valence electrons. The third-order valence-electron chi connectivity index (χ3n) is 3.93. The van der Waals surface area contributed by atoms with Gasteiger partial charge in [0.25, 0.3) is 5.91 Å². The molecule has 1 heterocycles. The fourth-order valence-electron chi connectivity index (χ4n) is 2.63. The Bertz CT molecular complexity index is 878. The van der Waals surface area contributed by atoms with Crippen LogP contribution < -0.4 is 5.32 Å². The van der Waals surface area contributed by atoms with Gasteiger partial charge in [-0.25, -0.2) is 0 Å². The number of aromatic nitrogens is 1. The van der Waals surface area contributed by atoms with Crippen molar-refractivity contribution in [2.24, 2.45) is 0 Å². The van der Waals surface area contributed by atoms with Gasteiger partial charge in [0.1, 0.15) is 17.0 Å². The number of aryl methyl sites for hydroxylation is 3. The normalized spacial score (nSPS) is 10.7. The second kappa shape index (κ2) is 6.61. The molecule has 3 rings (SSSR count). The number of hydrogen-bond donors (Lipinski definition) is 1. The van der Waals surface area contributed by atoms with Gasteiger partial charge in [0.15, 0.2) is 0 Å². The van der Waals surface area contributed by atoms with Crippen LogP contribution in [0.25, 0.3) is 11.3 Å². The third kappa shape index (κ3) is 3.12. The lowest BCUT2D eigenvalue weighted by Crippen LogP contribution is -2.15. The van der Waals surface area contributed by atoms with Crippen LogP contribution in [0.2, 0.25) is 0 Å². The molecule has 0 radical (unpaired) electrons. The Labute approximate surface area is 149 Å². The molecular formula is C19H17BrN2O2. The number of benzene rings is 2. The van der Waals surface area contributed by atoms with Crippen LogP contribution in [0.5, 0.6) is 0 Å². The predicted molar refractivity (Wildman–Crippen MR) is 98.2 cm³/mol. The maximum atomic E-state index is 12.8. The van der Waals surface area contributed by atoms with E-state index in [9.17, 15) is 4.79 Å². The zero-order valence-electron chi connectivity index (χ0n) is 13.7. The lowest BCUT2D eigenvalue weighted by atomic mass is 10.0. The van der Waals surface area contributed by atoms with E-state index >= 15 is 0 Å². The minimum atomic E-state index is -0.218. The van der Waals surface area contributed by atoms with Gasteiger partial charge in [-0.1, -0.05) is 51.4 Å². The summed E-state index contributed by atoms with van der Waals surface area (Å²) in [7, 11) is 0. The fourth-order valence-corrected chi connectivity index (χ4v) is 2.90. The molecule has 1 aromatic heterocycles. The predicted octanol–water partition coefficient (Wildman–Crippen LogP) is 5.28. The summed E-state index contributed by atoms with van der Waals surface area (Å²) in [5, 5.41) is 7.07. The van der Waals surface area contributed by atoms with Gasteiger partial charge in [0, 0.05) is 15.7 Å². The number of para-hydroxylation sites is 1. The maximum Gasteiger partial charge on any atom is 0.261 e. The molecule has 0 atom stereocenters. The molecule has 0 fully saturated rings. The quantitative estimate of drug-likeness (QED) is 0.667. The number of carbonyl (C=O) groups is 1. The van der Waals surface area contributed by atoms with Crippen molar-refractivity contribution >= 4 is 27.5 Å². The minimum absolute atomic E-state index is 0.218. The number of rotatable bonds is 3. The van der Waals surface area contributed by atoms with Gasteiger partial charge in [-0.3, -0.25) is 4.79 Å². The number of amides is 1. The summed E-state index contributed by atoms with van der Waals surface area (Å²) in [6, 6.07) is 13.5. The molecule has 2 aromatic carbocycles. The number of nitrogens with zero attached hydrogens (tertiary/aromatic N) is 1. The molecule has 0 aliphatic heterocycles. The van der Waals surface area contributed by atoms with E-state index in [4.69, 9.17) is 4.52 Å². The molecule has 0 unspecified atom stereocenters. The van der Waals surface area contributed by atoms with Crippen molar-refractivity contribution in [3.8, 4) is 11.3 Å². The molecule has 4 nitrogen and oxygen atoms in total. The number of nitrogens with one attached hydrogen (secondary N) is 1. The minimum Gasteiger partial charge on any atom is -0.360 e. The van der Waals surface area contributed by atoms with Crippen LogP contribution in [0.4, 0.5) is 5.69 Å². The monoisotopic (exact) mass is 384 g/mol. The van der Waals surface area contributed by atoms with Gasteiger partial charge in [0.05, 0.1) is 0 Å². The fraction of sp³-hybridized carbons (Fsp3) is 0.158. The molecule has 1 N–H and O–H groups in total. The molecule has 0 bridgehead atoms. The van der Waals surface area contributed by atoms with E-state index in [1.54, 1.807) is 6.92 Å². The second-order valence-electron chi connectivity index (χ2n) is 5.69. The SMILES string of the molecule is Cc1cccc(C)c1NC(=O)c1c(-c2ccc(Br)cc2)noc1C. The number of anilines is 1. The zero-order chi connectivity index (χ0) is 17.3. The Morgan fingerprint density at radius 1 is 1.04 bits per heavy atom. The number of carbonyl (C=O) groups excluding carboxylic acids is 1. The Hall–Kier alpha value is -2.40. The van der Waals surface area contributed by atoms with Crippen LogP contribution in [0.3, 0.4) is 0 Å². The highest BCUT2D eigenvalue weighted by Crippen LogP contribution is 2.28. The van der Waals surface area contributed by atoms with Gasteiger partial charge >= 0.3 is 0 Å². The molecule has 1 amide bonds. The number of hydrogen-bond acceptors (Lipinski definition) is 3. The molecule has 5 heteroatoms. The van der Waals surface area contributed by atoms with Crippen LogP contribution in [-0.2, 0) is 0 Å². The van der Waals surface area contributed by atoms with Crippen LogP contribution in [-0.4, -0.2) is 11.1 Å². The second-order valence-corrected chi connectivity index (χ2v) is 6.61. The summed E-state index contributed by atoms with van der Waals surface area (Å²) >= 11 is 3.41. The molecule has 0 saturated carbocycles. The van der Waals surface area contributed by atoms with Crippen molar-refractivity contribution in [2.45, 2.75) is 20.8 Å². The standard InChI is InChI=1S/C19H17BrN2O2/c1-11-5-4-6-12(2)17(11)21-19(23)16-13(3)24-22-18(16)14-7-9-15(20)10-8-14/h4-10H,1-3H3,(H,21,23). The summed E-state index contributed by atoms with van der Waals surface area (Å²) < 4.78 is 6.24. The molecule has 0 aliphatic carbocycles. The highest BCUT2D eigenvalue weighted by atomic mass is 79.9. The van der Waals surface area contributed by atoms with Crippen LogP contribution in [0.15, 0.2) is 51.5 Å². The van der Waals surface area contributed by atoms with Crippen LogP contribution >= 0.6 is 15.9 Å². The van der Waals surface area contributed by atoms with Gasteiger partial charge in [-0.2, -0.15) is 0 Å². The highest BCUT2D eigenvalue weighted by Gasteiger charge is 2.22. The molecule has 24 heavy (non-hydrogen) atoms. The Balaban J connectivity index is 1.99. The van der Waals surface area contributed by atoms with Crippen molar-refractivity contribution in [1.82, 2.24) is 5.16 Å². The van der Waals surface area contributed by atoms with E-state index in [0.717, 1.165) is 26.9 Å². The van der Waals surface area contributed by atoms with Gasteiger partial charge in [-0.05, 0) is 44.0 Å². The first-order valence-corrected chi connectivity index (χ1v) is 8.36. The Morgan fingerprint density at radius 3 is 2.29 bits per heavy atom. The topological polar surface area (TPSA) is 55.1 Å². The van der Waals surface area contributed by atoms with Crippen LogP contribution in [0, 0.1) is 20.8 Å². The third-order valence-corrected chi connectivity index (χ3v) is 4.46. The molecule has 0 saturated heterocycles. The van der Waals surface area contributed by atoms with Gasteiger partial charge in [0.2, 0.25) is 0 Å². The lowest BCUT2D eigenvalue weighted by molar-refractivity contribution is 0.102. The van der Waals surface area contributed by atoms with Crippen molar-refractivity contribution in [2.75, 3.05) is 5.32 Å². The van der Waals surface area contributed by atoms with E-state index in [0.29, 0.717) is 17.0 Å². The average molecular weight is 385 g/mol. The van der Waals surface area contributed by atoms with E-state index in [1.165, 1.54) is 0 Å². The first-order chi connectivity index (χ1) is 11.5. The highest BCUT2D eigenvalue weighted by molar-refractivity contribution is 9.10.